The van der Waals surface area contributed by atoms with Crippen LogP contribution in [-0.4, -0.2) is 16.1 Å². The van der Waals surface area contributed by atoms with Gasteiger partial charge in [0.1, 0.15) is 0 Å². The molecule has 88 valence electrons. The van der Waals surface area contributed by atoms with Gasteiger partial charge < -0.3 is 9.88 Å². The number of hydrogen-bond donors (Lipinski definition) is 1. The second-order valence-electron chi connectivity index (χ2n) is 5.77. The first-order valence-electron chi connectivity index (χ1n) is 6.45. The Labute approximate surface area is 97.3 Å². The molecule has 3 heteroatoms. The van der Waals surface area contributed by atoms with E-state index in [9.17, 15) is 0 Å². The van der Waals surface area contributed by atoms with E-state index in [-0.39, 0.29) is 5.54 Å². The molecule has 2 heterocycles. The van der Waals surface area contributed by atoms with Crippen LogP contribution in [0.25, 0.3) is 0 Å². The molecule has 0 unspecified atom stereocenters. The zero-order valence-electron chi connectivity index (χ0n) is 10.2. The van der Waals surface area contributed by atoms with E-state index in [4.69, 9.17) is 0 Å². The van der Waals surface area contributed by atoms with Gasteiger partial charge in [0.05, 0.1) is 12.0 Å². The molecule has 0 bridgehead atoms. The first kappa shape index (κ1) is 10.3. The summed E-state index contributed by atoms with van der Waals surface area (Å²) in [5.74, 6) is 0.849. The monoisotopic (exact) mass is 219 g/mol. The molecular weight excluding hydrogens is 198 g/mol. The Morgan fingerprint density at radius 1 is 1.38 bits per heavy atom. The van der Waals surface area contributed by atoms with Gasteiger partial charge in [0.25, 0.3) is 0 Å². The summed E-state index contributed by atoms with van der Waals surface area (Å²) in [5, 5.41) is 3.57. The minimum absolute atomic E-state index is 0.246. The standard InChI is InChI=1S/C13H21N3/c1-13(2,10-5-6-10)16-9-14-8-12(16)11-4-3-7-15-11/h8-11,15H,3-7H2,1-2H3/t11-/m0/s1. The molecule has 0 aromatic carbocycles. The zero-order chi connectivity index (χ0) is 11.2. The van der Waals surface area contributed by atoms with Gasteiger partial charge in [-0.05, 0) is 52.0 Å². The van der Waals surface area contributed by atoms with E-state index in [2.05, 4.69) is 28.7 Å². The fourth-order valence-electron chi connectivity index (χ4n) is 2.97. The third-order valence-corrected chi connectivity index (χ3v) is 4.28. The van der Waals surface area contributed by atoms with E-state index >= 15 is 0 Å². The summed E-state index contributed by atoms with van der Waals surface area (Å²) in [5.41, 5.74) is 1.63. The predicted molar refractivity (Wildman–Crippen MR) is 64.3 cm³/mol. The Morgan fingerprint density at radius 2 is 2.19 bits per heavy atom. The highest BCUT2D eigenvalue weighted by Gasteiger charge is 2.40. The van der Waals surface area contributed by atoms with Gasteiger partial charge in [0.15, 0.2) is 0 Å². The molecule has 0 amide bonds. The lowest BCUT2D eigenvalue weighted by Gasteiger charge is -2.30. The van der Waals surface area contributed by atoms with Crippen LogP contribution in [0.5, 0.6) is 0 Å². The maximum atomic E-state index is 4.37. The molecule has 1 saturated heterocycles. The minimum atomic E-state index is 0.246. The van der Waals surface area contributed by atoms with Crippen LogP contribution >= 0.6 is 0 Å². The summed E-state index contributed by atoms with van der Waals surface area (Å²) < 4.78 is 2.41. The minimum Gasteiger partial charge on any atom is -0.327 e. The van der Waals surface area contributed by atoms with Gasteiger partial charge in [-0.2, -0.15) is 0 Å². The van der Waals surface area contributed by atoms with Gasteiger partial charge in [-0.1, -0.05) is 0 Å². The van der Waals surface area contributed by atoms with Gasteiger partial charge in [-0.25, -0.2) is 4.98 Å². The first-order valence-corrected chi connectivity index (χ1v) is 6.45. The SMILES string of the molecule is CC(C)(C1CC1)n1cncc1[C@@H]1CCCN1. The molecule has 3 rings (SSSR count). The van der Waals surface area contributed by atoms with Crippen molar-refractivity contribution < 1.29 is 0 Å². The molecule has 2 aliphatic rings. The van der Waals surface area contributed by atoms with Crippen molar-refractivity contribution in [1.29, 1.82) is 0 Å². The molecule has 1 N–H and O–H groups in total. The lowest BCUT2D eigenvalue weighted by atomic mass is 9.97. The van der Waals surface area contributed by atoms with Crippen LogP contribution in [-0.2, 0) is 5.54 Å². The largest absolute Gasteiger partial charge is 0.327 e. The number of nitrogens with zero attached hydrogens (tertiary/aromatic N) is 2. The second kappa shape index (κ2) is 3.59. The van der Waals surface area contributed by atoms with Crippen LogP contribution in [0, 0.1) is 5.92 Å². The maximum absolute atomic E-state index is 4.37. The molecule has 1 aromatic rings. The summed E-state index contributed by atoms with van der Waals surface area (Å²) in [6, 6.07) is 0.528. The highest BCUT2D eigenvalue weighted by Crippen LogP contribution is 2.45. The van der Waals surface area contributed by atoms with Crippen LogP contribution in [0.1, 0.15) is 51.3 Å². The van der Waals surface area contributed by atoms with Gasteiger partial charge in [0.2, 0.25) is 0 Å². The van der Waals surface area contributed by atoms with Crippen molar-refractivity contribution in [3.8, 4) is 0 Å². The van der Waals surface area contributed by atoms with Gasteiger partial charge in [-0.15, -0.1) is 0 Å². The van der Waals surface area contributed by atoms with E-state index in [1.54, 1.807) is 0 Å². The smallest absolute Gasteiger partial charge is 0.0953 e. The van der Waals surface area contributed by atoms with E-state index in [0.29, 0.717) is 6.04 Å². The van der Waals surface area contributed by atoms with Crippen LogP contribution in [0.2, 0.25) is 0 Å². The van der Waals surface area contributed by atoms with Crippen LogP contribution in [0.4, 0.5) is 0 Å². The highest BCUT2D eigenvalue weighted by atomic mass is 15.1. The average molecular weight is 219 g/mol. The van der Waals surface area contributed by atoms with Crippen LogP contribution in [0.3, 0.4) is 0 Å². The highest BCUT2D eigenvalue weighted by molar-refractivity contribution is 5.12. The maximum Gasteiger partial charge on any atom is 0.0953 e. The number of nitrogens with one attached hydrogen (secondary N) is 1. The molecule has 1 aromatic heterocycles. The number of rotatable bonds is 3. The Bertz CT molecular complexity index is 370. The lowest BCUT2D eigenvalue weighted by Crippen LogP contribution is -2.31. The topological polar surface area (TPSA) is 29.9 Å². The molecule has 1 saturated carbocycles. The molecule has 3 nitrogen and oxygen atoms in total. The average Bonchev–Trinajstić information content (AvgIpc) is 2.82. The van der Waals surface area contributed by atoms with Crippen molar-refractivity contribution >= 4 is 0 Å². The summed E-state index contributed by atoms with van der Waals surface area (Å²) in [6.07, 6.45) is 9.37. The Morgan fingerprint density at radius 3 is 2.81 bits per heavy atom. The molecule has 0 spiro atoms. The lowest BCUT2D eigenvalue weighted by molar-refractivity contribution is 0.289. The van der Waals surface area contributed by atoms with Crippen molar-refractivity contribution in [2.24, 2.45) is 5.92 Å². The first-order chi connectivity index (χ1) is 7.69. The molecule has 16 heavy (non-hydrogen) atoms. The van der Waals surface area contributed by atoms with Crippen molar-refractivity contribution in [1.82, 2.24) is 14.9 Å². The fraction of sp³-hybridized carbons (Fsp3) is 0.769. The summed E-state index contributed by atoms with van der Waals surface area (Å²) in [6.45, 7) is 5.86. The Kier molecular flexibility index (Phi) is 2.32. The van der Waals surface area contributed by atoms with Crippen molar-refractivity contribution in [2.45, 2.75) is 51.1 Å². The number of hydrogen-bond acceptors (Lipinski definition) is 2. The fourth-order valence-corrected chi connectivity index (χ4v) is 2.97. The number of imidazole rings is 1. The third-order valence-electron chi connectivity index (χ3n) is 4.28. The predicted octanol–water partition coefficient (Wildman–Crippen LogP) is 2.45. The normalized spacial score (nSPS) is 26.2. The van der Waals surface area contributed by atoms with E-state index in [1.807, 2.05) is 12.5 Å². The van der Waals surface area contributed by atoms with Gasteiger partial charge in [-0.3, -0.25) is 0 Å². The molecule has 2 fully saturated rings. The van der Waals surface area contributed by atoms with Gasteiger partial charge >= 0.3 is 0 Å². The third kappa shape index (κ3) is 1.58. The summed E-state index contributed by atoms with van der Waals surface area (Å²) in [7, 11) is 0. The quantitative estimate of drug-likeness (QED) is 0.846. The van der Waals surface area contributed by atoms with Crippen molar-refractivity contribution in [3.63, 3.8) is 0 Å². The van der Waals surface area contributed by atoms with Gasteiger partial charge in [0, 0.05) is 17.8 Å². The Hall–Kier alpha value is -0.830. The zero-order valence-corrected chi connectivity index (χ0v) is 10.2. The summed E-state index contributed by atoms with van der Waals surface area (Å²) >= 11 is 0. The van der Waals surface area contributed by atoms with Crippen LogP contribution in [0.15, 0.2) is 12.5 Å². The molecule has 0 radical (unpaired) electrons. The molecular formula is C13H21N3. The van der Waals surface area contributed by atoms with Crippen molar-refractivity contribution in [2.75, 3.05) is 6.54 Å². The molecule has 1 atom stereocenters. The van der Waals surface area contributed by atoms with E-state index in [1.165, 1.54) is 31.4 Å². The Balaban J connectivity index is 1.91. The number of aromatic nitrogens is 2. The summed E-state index contributed by atoms with van der Waals surface area (Å²) in [4.78, 5) is 4.37. The molecule has 1 aliphatic heterocycles. The molecule has 1 aliphatic carbocycles. The second-order valence-corrected chi connectivity index (χ2v) is 5.77. The van der Waals surface area contributed by atoms with Crippen LogP contribution < -0.4 is 5.32 Å². The van der Waals surface area contributed by atoms with Crippen molar-refractivity contribution in [3.05, 3.63) is 18.2 Å². The van der Waals surface area contributed by atoms with E-state index < -0.39 is 0 Å². The van der Waals surface area contributed by atoms with E-state index in [0.717, 1.165) is 12.5 Å².